The van der Waals surface area contributed by atoms with Crippen LogP contribution in [0.15, 0.2) is 12.1 Å². The van der Waals surface area contributed by atoms with Gasteiger partial charge < -0.3 is 0 Å². The SMILES string of the molecule is N#Cc1c([N+](=O)[O-])cc(C(=O)CCl)cc1C(F)(F)F. The fourth-order valence-electron chi connectivity index (χ4n) is 1.35. The highest BCUT2D eigenvalue weighted by Crippen LogP contribution is 2.36. The van der Waals surface area contributed by atoms with E-state index in [1.807, 2.05) is 0 Å². The monoisotopic (exact) mass is 292 g/mol. The first kappa shape index (κ1) is 14.9. The van der Waals surface area contributed by atoms with Crippen molar-refractivity contribution in [3.05, 3.63) is 38.9 Å². The lowest BCUT2D eigenvalue weighted by Crippen LogP contribution is -2.13. The van der Waals surface area contributed by atoms with Crippen molar-refractivity contribution in [3.8, 4) is 6.07 Å². The second-order valence-electron chi connectivity index (χ2n) is 3.34. The van der Waals surface area contributed by atoms with E-state index >= 15 is 0 Å². The fraction of sp³-hybridized carbons (Fsp3) is 0.200. The number of ketones is 1. The molecule has 0 N–H and O–H groups in total. The van der Waals surface area contributed by atoms with E-state index in [9.17, 15) is 28.1 Å². The molecule has 0 amide bonds. The molecule has 0 aromatic heterocycles. The summed E-state index contributed by atoms with van der Waals surface area (Å²) in [5, 5.41) is 19.3. The van der Waals surface area contributed by atoms with E-state index in [-0.39, 0.29) is 0 Å². The Hall–Kier alpha value is -2.14. The topological polar surface area (TPSA) is 84.0 Å². The summed E-state index contributed by atoms with van der Waals surface area (Å²) in [6.07, 6.45) is -4.99. The molecule has 1 aromatic carbocycles. The minimum Gasteiger partial charge on any atom is -0.293 e. The van der Waals surface area contributed by atoms with Crippen LogP contribution in [0.5, 0.6) is 0 Å². The Morgan fingerprint density at radius 1 is 1.47 bits per heavy atom. The summed E-state index contributed by atoms with van der Waals surface area (Å²) in [7, 11) is 0. The largest absolute Gasteiger partial charge is 0.417 e. The van der Waals surface area contributed by atoms with Crippen molar-refractivity contribution in [3.63, 3.8) is 0 Å². The number of nitro groups is 1. The number of rotatable bonds is 3. The van der Waals surface area contributed by atoms with Crippen molar-refractivity contribution in [2.24, 2.45) is 0 Å². The average Bonchev–Trinajstić information content (AvgIpc) is 2.34. The molecule has 0 aliphatic rings. The molecule has 100 valence electrons. The van der Waals surface area contributed by atoms with Crippen LogP contribution in [-0.2, 0) is 6.18 Å². The summed E-state index contributed by atoms with van der Waals surface area (Å²) in [6, 6.07) is 2.13. The maximum Gasteiger partial charge on any atom is 0.417 e. The Balaban J connectivity index is 3.71. The van der Waals surface area contributed by atoms with Crippen molar-refractivity contribution >= 4 is 23.1 Å². The Bertz CT molecular complexity index is 593. The quantitative estimate of drug-likeness (QED) is 0.371. The van der Waals surface area contributed by atoms with Crippen LogP contribution in [0.2, 0.25) is 0 Å². The summed E-state index contributed by atoms with van der Waals surface area (Å²) < 4.78 is 38.1. The van der Waals surface area contributed by atoms with Gasteiger partial charge in [-0.15, -0.1) is 11.6 Å². The number of hydrogen-bond donors (Lipinski definition) is 0. The number of benzene rings is 1. The van der Waals surface area contributed by atoms with E-state index in [4.69, 9.17) is 16.9 Å². The summed E-state index contributed by atoms with van der Waals surface area (Å²) in [6.45, 7) is 0. The van der Waals surface area contributed by atoms with E-state index in [1.54, 1.807) is 0 Å². The highest BCUT2D eigenvalue weighted by molar-refractivity contribution is 6.30. The smallest absolute Gasteiger partial charge is 0.293 e. The molecule has 0 saturated heterocycles. The van der Waals surface area contributed by atoms with Gasteiger partial charge in [-0.2, -0.15) is 18.4 Å². The number of halogens is 4. The molecule has 0 aliphatic carbocycles. The van der Waals surface area contributed by atoms with Crippen molar-refractivity contribution in [2.75, 3.05) is 5.88 Å². The third-order valence-electron chi connectivity index (χ3n) is 2.17. The summed E-state index contributed by atoms with van der Waals surface area (Å²) in [4.78, 5) is 20.8. The van der Waals surface area contributed by atoms with Crippen molar-refractivity contribution in [1.29, 1.82) is 5.26 Å². The molecule has 19 heavy (non-hydrogen) atoms. The van der Waals surface area contributed by atoms with Gasteiger partial charge in [0, 0.05) is 11.6 Å². The summed E-state index contributed by atoms with van der Waals surface area (Å²) in [5.41, 5.74) is -4.31. The first-order valence-electron chi connectivity index (χ1n) is 4.61. The van der Waals surface area contributed by atoms with Gasteiger partial charge in [-0.25, -0.2) is 0 Å². The van der Waals surface area contributed by atoms with Gasteiger partial charge in [-0.05, 0) is 6.07 Å². The molecule has 0 unspecified atom stereocenters. The van der Waals surface area contributed by atoms with E-state index in [0.717, 1.165) is 6.07 Å². The third-order valence-corrected chi connectivity index (χ3v) is 2.42. The average molecular weight is 293 g/mol. The molecular weight excluding hydrogens is 289 g/mol. The minimum atomic E-state index is -4.99. The molecule has 0 bridgehead atoms. The molecule has 0 saturated carbocycles. The number of nitriles is 1. The lowest BCUT2D eigenvalue weighted by molar-refractivity contribution is -0.385. The number of carbonyl (C=O) groups is 1. The molecule has 1 aromatic rings. The van der Waals surface area contributed by atoms with Crippen molar-refractivity contribution in [2.45, 2.75) is 6.18 Å². The van der Waals surface area contributed by atoms with E-state index in [2.05, 4.69) is 0 Å². The molecular formula is C10H4ClF3N2O3. The Morgan fingerprint density at radius 2 is 2.05 bits per heavy atom. The number of Topliss-reactive ketones (excluding diaryl/α,β-unsaturated/α-hetero) is 1. The first-order chi connectivity index (χ1) is 8.72. The maximum atomic E-state index is 12.7. The Kier molecular flexibility index (Phi) is 4.11. The molecule has 0 spiro atoms. The molecule has 0 heterocycles. The molecule has 5 nitrogen and oxygen atoms in total. The van der Waals surface area contributed by atoms with E-state index in [1.165, 1.54) is 0 Å². The van der Waals surface area contributed by atoms with Crippen molar-refractivity contribution in [1.82, 2.24) is 0 Å². The van der Waals surface area contributed by atoms with Crippen LogP contribution in [-0.4, -0.2) is 16.6 Å². The van der Waals surface area contributed by atoms with Crippen LogP contribution in [0, 0.1) is 21.4 Å². The molecule has 0 atom stereocenters. The van der Waals surface area contributed by atoms with Crippen LogP contribution in [0.1, 0.15) is 21.5 Å². The Morgan fingerprint density at radius 3 is 2.42 bits per heavy atom. The molecule has 0 fully saturated rings. The Labute approximate surface area is 109 Å². The number of alkyl halides is 4. The lowest BCUT2D eigenvalue weighted by Gasteiger charge is -2.10. The molecule has 0 aliphatic heterocycles. The van der Waals surface area contributed by atoms with Gasteiger partial charge in [0.1, 0.15) is 11.6 Å². The molecule has 9 heteroatoms. The van der Waals surface area contributed by atoms with Crippen LogP contribution < -0.4 is 0 Å². The van der Waals surface area contributed by atoms with Crippen LogP contribution in [0.3, 0.4) is 0 Å². The van der Waals surface area contributed by atoms with Gasteiger partial charge >= 0.3 is 6.18 Å². The van der Waals surface area contributed by atoms with Crippen molar-refractivity contribution < 1.29 is 22.9 Å². The third kappa shape index (κ3) is 3.00. The zero-order valence-electron chi connectivity index (χ0n) is 8.99. The molecule has 0 radical (unpaired) electrons. The zero-order valence-corrected chi connectivity index (χ0v) is 9.75. The highest BCUT2D eigenvalue weighted by atomic mass is 35.5. The minimum absolute atomic E-state index is 0.385. The van der Waals surface area contributed by atoms with Gasteiger partial charge in [-0.1, -0.05) is 0 Å². The van der Waals surface area contributed by atoms with Crippen LogP contribution in [0.4, 0.5) is 18.9 Å². The normalized spacial score (nSPS) is 10.9. The van der Waals surface area contributed by atoms with Gasteiger partial charge in [0.15, 0.2) is 5.78 Å². The number of nitrogens with zero attached hydrogens (tertiary/aromatic N) is 2. The predicted molar refractivity (Wildman–Crippen MR) is 57.9 cm³/mol. The second-order valence-corrected chi connectivity index (χ2v) is 3.61. The highest BCUT2D eigenvalue weighted by Gasteiger charge is 2.38. The lowest BCUT2D eigenvalue weighted by atomic mass is 10.00. The van der Waals surface area contributed by atoms with Gasteiger partial charge in [0.25, 0.3) is 5.69 Å². The number of nitro benzene ring substituents is 1. The van der Waals surface area contributed by atoms with Gasteiger partial charge in [0.05, 0.1) is 16.4 Å². The van der Waals surface area contributed by atoms with E-state index < -0.39 is 45.1 Å². The van der Waals surface area contributed by atoms with E-state index in [0.29, 0.717) is 12.1 Å². The van der Waals surface area contributed by atoms with Crippen LogP contribution >= 0.6 is 11.6 Å². The number of hydrogen-bond acceptors (Lipinski definition) is 4. The maximum absolute atomic E-state index is 12.7. The molecule has 1 rings (SSSR count). The predicted octanol–water partition coefficient (Wildman–Crippen LogP) is 2.91. The number of carbonyl (C=O) groups excluding carboxylic acids is 1. The fourth-order valence-corrected chi connectivity index (χ4v) is 1.50. The standard InChI is InChI=1S/C10H4ClF3N2O3/c11-3-9(17)5-1-7(10(12,13)14)6(4-15)8(2-5)16(18)19/h1-2H,3H2. The first-order valence-corrected chi connectivity index (χ1v) is 5.14. The summed E-state index contributed by atoms with van der Waals surface area (Å²) >= 11 is 5.19. The zero-order chi connectivity index (χ0) is 14.8. The van der Waals surface area contributed by atoms with Gasteiger partial charge in [0.2, 0.25) is 0 Å². The van der Waals surface area contributed by atoms with Crippen LogP contribution in [0.25, 0.3) is 0 Å². The summed E-state index contributed by atoms with van der Waals surface area (Å²) in [5.74, 6) is -1.53. The second kappa shape index (κ2) is 5.24. The van der Waals surface area contributed by atoms with Gasteiger partial charge in [-0.3, -0.25) is 14.9 Å².